The highest BCUT2D eigenvalue weighted by molar-refractivity contribution is 7.80. The Morgan fingerprint density at radius 1 is 0.574 bits per heavy atom. The lowest BCUT2D eigenvalue weighted by Gasteiger charge is -2.41. The number of hydrogen-bond acceptors (Lipinski definition) is 11. The topological polar surface area (TPSA) is 178 Å². The van der Waals surface area contributed by atoms with Gasteiger partial charge in [0.1, 0.15) is 30.5 Å². The molecule has 6 atom stereocenters. The van der Waals surface area contributed by atoms with Gasteiger partial charge in [0, 0.05) is 13.0 Å². The van der Waals surface area contributed by atoms with Gasteiger partial charge in [0.15, 0.2) is 6.29 Å². The van der Waals surface area contributed by atoms with Crippen molar-refractivity contribution in [1.29, 1.82) is 0 Å². The number of rotatable bonds is 47. The number of esters is 1. The van der Waals surface area contributed by atoms with Crippen LogP contribution in [0.5, 0.6) is 0 Å². The summed E-state index contributed by atoms with van der Waals surface area (Å²) in [6.07, 6.45) is 49.7. The number of carbonyl (C=O) groups excluding carboxylic acids is 1. The lowest BCUT2D eigenvalue weighted by molar-refractivity contribution is -0.301. The molecule has 6 unspecified atom stereocenters. The average Bonchev–Trinajstić information content (AvgIpc) is 3.31. The second kappa shape index (κ2) is 45.9. The Hall–Kier alpha value is -2.20. The zero-order chi connectivity index (χ0) is 49.6. The fraction of sp³-hybridized carbons (Fsp3) is 0.800. The Morgan fingerprint density at radius 3 is 1.50 bits per heavy atom. The van der Waals surface area contributed by atoms with Gasteiger partial charge in [-0.25, -0.2) is 4.18 Å². The van der Waals surface area contributed by atoms with Crippen molar-refractivity contribution in [2.24, 2.45) is 0 Å². The second-order valence-electron chi connectivity index (χ2n) is 18.4. The van der Waals surface area contributed by atoms with Gasteiger partial charge >= 0.3 is 16.4 Å². The van der Waals surface area contributed by atoms with E-state index in [1.54, 1.807) is 0 Å². The second-order valence-corrected chi connectivity index (χ2v) is 19.5. The number of hydrogen-bond donors (Lipinski definition) is 4. The standard InChI is InChI=1S/C55H98O12S/c1-3-5-7-9-11-13-15-17-19-21-23-24-25-27-29-31-33-35-37-39-41-43-45-63-47-49(48-64-55-53(59)54(67-68(60,61)62)52(58)50(46-56)66-55)65-51(57)44-42-40-38-36-34-32-30-28-26-22-20-18-16-14-12-10-8-6-4-2/h6,8,12,14,18,20-21,23,26,28,49-50,52-56,58-59H,3-5,7,9-11,13,15-17,19,22,24-25,27,29-48H2,1-2H3,(H,60,61,62)/b8-6-,14-12-,20-18-,23-21-,28-26-. The molecule has 68 heavy (non-hydrogen) atoms. The van der Waals surface area contributed by atoms with Gasteiger partial charge in [-0.2, -0.15) is 8.42 Å². The van der Waals surface area contributed by atoms with Gasteiger partial charge in [-0.05, 0) is 77.0 Å². The normalized spacial score (nSPS) is 19.8. The van der Waals surface area contributed by atoms with Gasteiger partial charge in [-0.1, -0.05) is 197 Å². The van der Waals surface area contributed by atoms with Crippen molar-refractivity contribution in [2.45, 2.75) is 256 Å². The maximum absolute atomic E-state index is 12.9. The van der Waals surface area contributed by atoms with E-state index in [1.807, 2.05) is 0 Å². The fourth-order valence-electron chi connectivity index (χ4n) is 8.07. The van der Waals surface area contributed by atoms with Gasteiger partial charge in [0.05, 0.1) is 19.8 Å². The van der Waals surface area contributed by atoms with Crippen molar-refractivity contribution >= 4 is 16.4 Å². The molecule has 0 aromatic rings. The first-order chi connectivity index (χ1) is 33.1. The molecule has 0 aliphatic carbocycles. The highest BCUT2D eigenvalue weighted by Crippen LogP contribution is 2.26. The highest BCUT2D eigenvalue weighted by Gasteiger charge is 2.48. The summed E-state index contributed by atoms with van der Waals surface area (Å²) < 4.78 is 59.3. The van der Waals surface area contributed by atoms with Crippen LogP contribution in [0.2, 0.25) is 0 Å². The maximum Gasteiger partial charge on any atom is 0.397 e. The van der Waals surface area contributed by atoms with Crippen molar-refractivity contribution in [3.8, 4) is 0 Å². The molecule has 1 rings (SSSR count). The molecular formula is C55H98O12S. The Balaban J connectivity index is 2.34. The number of ether oxygens (including phenoxy) is 4. The van der Waals surface area contributed by atoms with Gasteiger partial charge in [0.2, 0.25) is 0 Å². The third-order valence-corrected chi connectivity index (χ3v) is 12.6. The van der Waals surface area contributed by atoms with E-state index in [0.29, 0.717) is 13.0 Å². The first-order valence-electron chi connectivity index (χ1n) is 27.0. The Kier molecular flexibility index (Phi) is 43.1. The molecule has 0 aromatic carbocycles. The first-order valence-corrected chi connectivity index (χ1v) is 28.4. The van der Waals surface area contributed by atoms with E-state index in [0.717, 1.165) is 83.5 Å². The molecule has 396 valence electrons. The molecule has 0 spiro atoms. The van der Waals surface area contributed by atoms with Gasteiger partial charge < -0.3 is 34.3 Å². The van der Waals surface area contributed by atoms with Crippen LogP contribution < -0.4 is 0 Å². The SMILES string of the molecule is CC/C=C\C/C=C\C/C=C\C/C=C\CCCCCCCCC(=O)OC(COCCCCCCCCCCCC/C=C\CCCCCCCCCC)COC1OC(CO)C(O)C(OS(=O)(=O)O)C1O. The molecule has 0 aromatic heterocycles. The molecule has 0 saturated carbocycles. The Labute approximate surface area is 414 Å². The summed E-state index contributed by atoms with van der Waals surface area (Å²) in [5.41, 5.74) is 0. The molecule has 1 heterocycles. The van der Waals surface area contributed by atoms with Gasteiger partial charge in [-0.15, -0.1) is 0 Å². The molecule has 4 N–H and O–H groups in total. The van der Waals surface area contributed by atoms with Crippen molar-refractivity contribution in [3.05, 3.63) is 60.8 Å². The van der Waals surface area contributed by atoms with E-state index in [-0.39, 0.29) is 19.6 Å². The van der Waals surface area contributed by atoms with Crippen molar-refractivity contribution in [2.75, 3.05) is 26.4 Å². The zero-order valence-corrected chi connectivity index (χ0v) is 43.5. The van der Waals surface area contributed by atoms with E-state index in [2.05, 4.69) is 78.8 Å². The van der Waals surface area contributed by atoms with Crippen LogP contribution in [0.15, 0.2) is 60.8 Å². The molecular weight excluding hydrogens is 885 g/mol. The summed E-state index contributed by atoms with van der Waals surface area (Å²) in [4.78, 5) is 12.9. The number of allylic oxidation sites excluding steroid dienone is 10. The van der Waals surface area contributed by atoms with Crippen LogP contribution in [-0.2, 0) is 38.3 Å². The van der Waals surface area contributed by atoms with Crippen LogP contribution in [0, 0.1) is 0 Å². The summed E-state index contributed by atoms with van der Waals surface area (Å²) in [6, 6.07) is 0. The fourth-order valence-corrected chi connectivity index (χ4v) is 8.58. The number of unbranched alkanes of at least 4 members (excludes halogenated alkanes) is 24. The van der Waals surface area contributed by atoms with Gasteiger partial charge in [0.25, 0.3) is 0 Å². The highest BCUT2D eigenvalue weighted by atomic mass is 32.3. The Morgan fingerprint density at radius 2 is 1.01 bits per heavy atom. The Bertz CT molecular complexity index is 1410. The van der Waals surface area contributed by atoms with E-state index in [4.69, 9.17) is 18.9 Å². The van der Waals surface area contributed by atoms with Crippen LogP contribution in [0.4, 0.5) is 0 Å². The zero-order valence-electron chi connectivity index (χ0n) is 42.7. The van der Waals surface area contributed by atoms with Crippen molar-refractivity contribution < 1.29 is 56.2 Å². The lowest BCUT2D eigenvalue weighted by Crippen LogP contribution is -2.60. The summed E-state index contributed by atoms with van der Waals surface area (Å²) in [5, 5.41) is 30.8. The molecule has 0 amide bonds. The lowest BCUT2D eigenvalue weighted by atomic mass is 9.99. The molecule has 1 aliphatic heterocycles. The largest absolute Gasteiger partial charge is 0.457 e. The van der Waals surface area contributed by atoms with E-state index in [1.165, 1.54) is 109 Å². The van der Waals surface area contributed by atoms with Gasteiger partial charge in [-0.3, -0.25) is 9.35 Å². The minimum atomic E-state index is -5.07. The van der Waals surface area contributed by atoms with Crippen LogP contribution in [0.3, 0.4) is 0 Å². The number of aliphatic hydroxyl groups excluding tert-OH is 3. The minimum Gasteiger partial charge on any atom is -0.457 e. The molecule has 1 saturated heterocycles. The predicted octanol–water partition coefficient (Wildman–Crippen LogP) is 12.9. The third-order valence-electron chi connectivity index (χ3n) is 12.1. The minimum absolute atomic E-state index is 0.0277. The molecule has 12 nitrogen and oxygen atoms in total. The molecule has 0 bridgehead atoms. The number of carbonyl (C=O) groups is 1. The van der Waals surface area contributed by atoms with Crippen molar-refractivity contribution in [3.63, 3.8) is 0 Å². The molecule has 0 radical (unpaired) electrons. The first kappa shape index (κ1) is 63.8. The monoisotopic (exact) mass is 983 g/mol. The summed E-state index contributed by atoms with van der Waals surface area (Å²) in [5.74, 6) is -0.413. The molecule has 13 heteroatoms. The van der Waals surface area contributed by atoms with Crippen LogP contribution in [0.25, 0.3) is 0 Å². The van der Waals surface area contributed by atoms with E-state index in [9.17, 15) is 33.1 Å². The smallest absolute Gasteiger partial charge is 0.397 e. The summed E-state index contributed by atoms with van der Waals surface area (Å²) in [7, 11) is -5.07. The maximum atomic E-state index is 12.9. The third kappa shape index (κ3) is 38.5. The average molecular weight is 983 g/mol. The summed E-state index contributed by atoms with van der Waals surface area (Å²) in [6.45, 7) is 3.88. The van der Waals surface area contributed by atoms with Crippen molar-refractivity contribution in [1.82, 2.24) is 0 Å². The van der Waals surface area contributed by atoms with Crippen LogP contribution in [0.1, 0.15) is 219 Å². The number of aliphatic hydroxyl groups is 3. The quantitative estimate of drug-likeness (QED) is 0.0197. The van der Waals surface area contributed by atoms with Crippen LogP contribution in [-0.4, -0.2) is 97.5 Å². The summed E-state index contributed by atoms with van der Waals surface area (Å²) >= 11 is 0. The van der Waals surface area contributed by atoms with E-state index < -0.39 is 59.8 Å². The predicted molar refractivity (Wildman–Crippen MR) is 276 cm³/mol. The molecule has 1 aliphatic rings. The van der Waals surface area contributed by atoms with Crippen LogP contribution >= 0.6 is 0 Å². The molecule has 1 fully saturated rings. The van der Waals surface area contributed by atoms with E-state index >= 15 is 0 Å².